The van der Waals surface area contributed by atoms with E-state index < -0.39 is 0 Å². The van der Waals surface area contributed by atoms with Crippen LogP contribution in [0.4, 0.5) is 0 Å². The Kier molecular flexibility index (Phi) is 5.20. The molecule has 1 saturated heterocycles. The third-order valence-electron chi connectivity index (χ3n) is 5.79. The van der Waals surface area contributed by atoms with Crippen molar-refractivity contribution >= 4 is 16.8 Å². The minimum atomic E-state index is 0.00629. The first-order chi connectivity index (χ1) is 13.2. The molecule has 146 valence electrons. The Morgan fingerprint density at radius 2 is 2.04 bits per heavy atom. The number of aromatic nitrogens is 2. The van der Waals surface area contributed by atoms with E-state index in [2.05, 4.69) is 15.2 Å². The standard InChI is InChI=1S/C20H28N4O3/c1-27-19-14(11-21-18(25)13-23-8-4-5-9-23)10-16-17(22-19)12-24(20(16)26)15-6-2-3-7-15/h10,12,15,26H,2-9,11,13H2,1H3,(H,21,25). The van der Waals surface area contributed by atoms with Crippen LogP contribution in [0.3, 0.4) is 0 Å². The Morgan fingerprint density at radius 3 is 2.74 bits per heavy atom. The number of nitrogens with zero attached hydrogens (tertiary/aromatic N) is 3. The average molecular weight is 372 g/mol. The second kappa shape index (κ2) is 7.76. The molecule has 2 fully saturated rings. The maximum absolute atomic E-state index is 12.2. The van der Waals surface area contributed by atoms with Crippen molar-refractivity contribution < 1.29 is 14.6 Å². The van der Waals surface area contributed by atoms with Crippen molar-refractivity contribution in [1.82, 2.24) is 19.8 Å². The van der Waals surface area contributed by atoms with E-state index in [0.717, 1.165) is 37.0 Å². The normalized spacial score (nSPS) is 18.4. The van der Waals surface area contributed by atoms with Gasteiger partial charge in [0.2, 0.25) is 17.7 Å². The number of ether oxygens (including phenoxy) is 1. The maximum atomic E-state index is 12.2. The van der Waals surface area contributed by atoms with E-state index in [1.807, 2.05) is 16.8 Å². The summed E-state index contributed by atoms with van der Waals surface area (Å²) in [6.45, 7) is 2.76. The molecule has 1 saturated carbocycles. The smallest absolute Gasteiger partial charge is 0.234 e. The van der Waals surface area contributed by atoms with E-state index in [0.29, 0.717) is 30.4 Å². The Hall–Kier alpha value is -2.28. The number of nitrogens with one attached hydrogen (secondary N) is 1. The van der Waals surface area contributed by atoms with Crippen molar-refractivity contribution in [2.45, 2.75) is 51.1 Å². The molecule has 2 N–H and O–H groups in total. The van der Waals surface area contributed by atoms with Gasteiger partial charge < -0.3 is 19.7 Å². The highest BCUT2D eigenvalue weighted by atomic mass is 16.5. The summed E-state index contributed by atoms with van der Waals surface area (Å²) in [4.78, 5) is 18.9. The summed E-state index contributed by atoms with van der Waals surface area (Å²) >= 11 is 0. The molecule has 2 aliphatic rings. The summed E-state index contributed by atoms with van der Waals surface area (Å²) in [6, 6.07) is 2.23. The number of rotatable bonds is 6. The van der Waals surface area contributed by atoms with Gasteiger partial charge in [-0.05, 0) is 44.8 Å². The van der Waals surface area contributed by atoms with E-state index in [1.54, 1.807) is 7.11 Å². The molecule has 0 radical (unpaired) electrons. The fourth-order valence-electron chi connectivity index (χ4n) is 4.32. The topological polar surface area (TPSA) is 79.6 Å². The molecule has 7 heteroatoms. The van der Waals surface area contributed by atoms with Crippen LogP contribution in [0.1, 0.15) is 50.1 Å². The van der Waals surface area contributed by atoms with Crippen LogP contribution in [0.25, 0.3) is 10.9 Å². The summed E-state index contributed by atoms with van der Waals surface area (Å²) < 4.78 is 7.37. The lowest BCUT2D eigenvalue weighted by Gasteiger charge is -2.14. The molecule has 2 aromatic heterocycles. The maximum Gasteiger partial charge on any atom is 0.234 e. The van der Waals surface area contributed by atoms with Crippen LogP contribution < -0.4 is 10.1 Å². The summed E-state index contributed by atoms with van der Waals surface area (Å²) in [5.41, 5.74) is 1.50. The zero-order valence-corrected chi connectivity index (χ0v) is 15.9. The molecule has 27 heavy (non-hydrogen) atoms. The minimum absolute atomic E-state index is 0.00629. The molecule has 0 spiro atoms. The van der Waals surface area contributed by atoms with Crippen LogP contribution in [-0.2, 0) is 11.3 Å². The SMILES string of the molecule is COc1nc2cn(C3CCCC3)c(O)c2cc1CNC(=O)CN1CCCC1. The highest BCUT2D eigenvalue weighted by Gasteiger charge is 2.23. The summed E-state index contributed by atoms with van der Waals surface area (Å²) in [6.07, 6.45) is 8.82. The Labute approximate surface area is 159 Å². The Morgan fingerprint density at radius 1 is 1.30 bits per heavy atom. The van der Waals surface area contributed by atoms with Crippen LogP contribution in [-0.4, -0.2) is 52.2 Å². The Bertz CT molecular complexity index is 820. The van der Waals surface area contributed by atoms with E-state index in [4.69, 9.17) is 4.74 Å². The van der Waals surface area contributed by atoms with Gasteiger partial charge in [-0.2, -0.15) is 0 Å². The quantitative estimate of drug-likeness (QED) is 0.815. The lowest BCUT2D eigenvalue weighted by atomic mass is 10.2. The molecule has 0 atom stereocenters. The molecule has 4 rings (SSSR count). The molecule has 2 aromatic rings. The first-order valence-electron chi connectivity index (χ1n) is 9.92. The van der Waals surface area contributed by atoms with Crippen LogP contribution in [0, 0.1) is 0 Å². The number of fused-ring (bicyclic) bond motifs is 1. The molecule has 0 unspecified atom stereocenters. The first-order valence-corrected chi connectivity index (χ1v) is 9.92. The third kappa shape index (κ3) is 3.74. The van der Waals surface area contributed by atoms with Crippen molar-refractivity contribution in [2.24, 2.45) is 0 Å². The molecule has 1 aliphatic heterocycles. The lowest BCUT2D eigenvalue weighted by Crippen LogP contribution is -2.35. The van der Waals surface area contributed by atoms with E-state index in [-0.39, 0.29) is 11.8 Å². The van der Waals surface area contributed by atoms with Gasteiger partial charge in [0.15, 0.2) is 0 Å². The summed E-state index contributed by atoms with van der Waals surface area (Å²) in [5, 5.41) is 14.4. The lowest BCUT2D eigenvalue weighted by molar-refractivity contribution is -0.122. The number of likely N-dealkylation sites (tertiary alicyclic amines) is 1. The van der Waals surface area contributed by atoms with E-state index in [1.165, 1.54) is 25.7 Å². The van der Waals surface area contributed by atoms with Gasteiger partial charge in [0.05, 0.1) is 24.6 Å². The van der Waals surface area contributed by atoms with Gasteiger partial charge in [-0.25, -0.2) is 4.98 Å². The summed E-state index contributed by atoms with van der Waals surface area (Å²) in [5.74, 6) is 0.760. The summed E-state index contributed by atoms with van der Waals surface area (Å²) in [7, 11) is 1.58. The van der Waals surface area contributed by atoms with Gasteiger partial charge in [-0.15, -0.1) is 0 Å². The largest absolute Gasteiger partial charge is 0.494 e. The van der Waals surface area contributed by atoms with Crippen LogP contribution in [0.2, 0.25) is 0 Å². The highest BCUT2D eigenvalue weighted by molar-refractivity contribution is 5.86. The van der Waals surface area contributed by atoms with Gasteiger partial charge in [-0.1, -0.05) is 12.8 Å². The predicted octanol–water partition coefficient (Wildman–Crippen LogP) is 2.58. The third-order valence-corrected chi connectivity index (χ3v) is 5.79. The zero-order chi connectivity index (χ0) is 18.8. The number of amides is 1. The number of methoxy groups -OCH3 is 1. The number of aromatic hydroxyl groups is 1. The molecular formula is C20H28N4O3. The van der Waals surface area contributed by atoms with Crippen LogP contribution in [0.5, 0.6) is 11.8 Å². The van der Waals surface area contributed by atoms with Crippen molar-refractivity contribution in [1.29, 1.82) is 0 Å². The first kappa shape index (κ1) is 18.1. The fraction of sp³-hybridized carbons (Fsp3) is 0.600. The molecule has 0 aromatic carbocycles. The Balaban J connectivity index is 1.52. The van der Waals surface area contributed by atoms with Gasteiger partial charge in [0, 0.05) is 24.3 Å². The van der Waals surface area contributed by atoms with Gasteiger partial charge >= 0.3 is 0 Å². The van der Waals surface area contributed by atoms with Gasteiger partial charge in [-0.3, -0.25) is 9.69 Å². The molecule has 7 nitrogen and oxygen atoms in total. The second-order valence-electron chi connectivity index (χ2n) is 7.65. The van der Waals surface area contributed by atoms with Crippen molar-refractivity contribution in [3.05, 3.63) is 17.8 Å². The average Bonchev–Trinajstić information content (AvgIpc) is 3.41. The van der Waals surface area contributed by atoms with E-state index in [9.17, 15) is 9.90 Å². The van der Waals surface area contributed by atoms with Gasteiger partial charge in [0.25, 0.3) is 0 Å². The number of hydrogen-bond acceptors (Lipinski definition) is 5. The molecule has 3 heterocycles. The van der Waals surface area contributed by atoms with Gasteiger partial charge in [0.1, 0.15) is 0 Å². The molecule has 0 bridgehead atoms. The number of carbonyl (C=O) groups is 1. The number of hydrogen-bond donors (Lipinski definition) is 2. The number of carbonyl (C=O) groups excluding carboxylic acids is 1. The van der Waals surface area contributed by atoms with Crippen LogP contribution >= 0.6 is 0 Å². The van der Waals surface area contributed by atoms with Crippen molar-refractivity contribution in [2.75, 3.05) is 26.7 Å². The van der Waals surface area contributed by atoms with Crippen molar-refractivity contribution in [3.8, 4) is 11.8 Å². The zero-order valence-electron chi connectivity index (χ0n) is 15.9. The minimum Gasteiger partial charge on any atom is -0.494 e. The van der Waals surface area contributed by atoms with Crippen molar-refractivity contribution in [3.63, 3.8) is 0 Å². The molecule has 1 aliphatic carbocycles. The monoisotopic (exact) mass is 372 g/mol. The fourth-order valence-corrected chi connectivity index (χ4v) is 4.32. The molecule has 1 amide bonds. The van der Waals surface area contributed by atoms with Crippen LogP contribution in [0.15, 0.2) is 12.3 Å². The van der Waals surface area contributed by atoms with E-state index >= 15 is 0 Å². The second-order valence-corrected chi connectivity index (χ2v) is 7.65. The number of pyridine rings is 1. The predicted molar refractivity (Wildman–Crippen MR) is 103 cm³/mol. The highest BCUT2D eigenvalue weighted by Crippen LogP contribution is 2.38. The molecular weight excluding hydrogens is 344 g/mol.